The second-order valence-corrected chi connectivity index (χ2v) is 6.44. The summed E-state index contributed by atoms with van der Waals surface area (Å²) in [7, 11) is 1.54. The van der Waals surface area contributed by atoms with Gasteiger partial charge < -0.3 is 24.2 Å². The summed E-state index contributed by atoms with van der Waals surface area (Å²) < 4.78 is 15.5. The lowest BCUT2D eigenvalue weighted by atomic mass is 10.0. The van der Waals surface area contributed by atoms with Crippen LogP contribution in [-0.4, -0.2) is 32.0 Å². The molecule has 0 aliphatic heterocycles. The monoisotopic (exact) mass is 398 g/mol. The Labute approximate surface area is 166 Å². The predicted molar refractivity (Wildman–Crippen MR) is 106 cm³/mol. The number of furan rings is 1. The number of carbonyl (C=O) groups is 2. The maximum Gasteiger partial charge on any atom is 0.339 e. The van der Waals surface area contributed by atoms with Crippen LogP contribution in [0.5, 0.6) is 5.75 Å². The van der Waals surface area contributed by atoms with Crippen molar-refractivity contribution in [2.24, 2.45) is 0 Å². The first kappa shape index (κ1) is 20.2. The van der Waals surface area contributed by atoms with Crippen LogP contribution in [0.25, 0.3) is 11.0 Å². The van der Waals surface area contributed by atoms with Gasteiger partial charge in [-0.2, -0.15) is 0 Å². The molecule has 2 aromatic heterocycles. The Morgan fingerprint density at radius 1 is 1.14 bits per heavy atom. The Kier molecular flexibility index (Phi) is 6.33. The molecule has 0 fully saturated rings. The van der Waals surface area contributed by atoms with Gasteiger partial charge in [0.05, 0.1) is 13.4 Å². The maximum atomic E-state index is 12.3. The van der Waals surface area contributed by atoms with Crippen molar-refractivity contribution in [3.8, 4) is 5.75 Å². The summed E-state index contributed by atoms with van der Waals surface area (Å²) in [6.07, 6.45) is 1.82. The number of carbonyl (C=O) groups excluding carboxylic acids is 2. The van der Waals surface area contributed by atoms with E-state index in [1.165, 1.54) is 6.26 Å². The normalized spacial score (nSPS) is 10.7. The summed E-state index contributed by atoms with van der Waals surface area (Å²) >= 11 is 0. The molecular formula is C21H22N2O6. The van der Waals surface area contributed by atoms with Gasteiger partial charge in [0.2, 0.25) is 5.91 Å². The van der Waals surface area contributed by atoms with Crippen molar-refractivity contribution in [3.63, 3.8) is 0 Å². The number of amides is 2. The summed E-state index contributed by atoms with van der Waals surface area (Å²) in [5.74, 6) is 0.259. The van der Waals surface area contributed by atoms with Crippen LogP contribution in [0.1, 0.15) is 28.1 Å². The zero-order valence-electron chi connectivity index (χ0n) is 16.2. The number of aryl methyl sites for hydroxylation is 1. The van der Waals surface area contributed by atoms with E-state index in [1.807, 2.05) is 13.0 Å². The Bertz CT molecular complexity index is 1070. The van der Waals surface area contributed by atoms with E-state index in [1.54, 1.807) is 31.4 Å². The molecule has 0 saturated carbocycles. The lowest BCUT2D eigenvalue weighted by molar-refractivity contribution is -0.121. The Morgan fingerprint density at radius 3 is 2.66 bits per heavy atom. The van der Waals surface area contributed by atoms with Crippen LogP contribution < -0.4 is 21.0 Å². The molecule has 0 bridgehead atoms. The van der Waals surface area contributed by atoms with E-state index in [-0.39, 0.29) is 43.5 Å². The van der Waals surface area contributed by atoms with E-state index in [0.717, 1.165) is 10.9 Å². The Hall–Kier alpha value is -3.55. The minimum absolute atomic E-state index is 0.138. The van der Waals surface area contributed by atoms with Crippen molar-refractivity contribution in [2.75, 3.05) is 20.2 Å². The highest BCUT2D eigenvalue weighted by molar-refractivity contribution is 5.91. The first-order valence-corrected chi connectivity index (χ1v) is 9.18. The number of hydrogen-bond donors (Lipinski definition) is 2. The van der Waals surface area contributed by atoms with Crippen LogP contribution in [0, 0.1) is 6.92 Å². The highest BCUT2D eigenvalue weighted by Gasteiger charge is 2.14. The molecule has 0 unspecified atom stereocenters. The first-order chi connectivity index (χ1) is 14.0. The molecule has 0 saturated heterocycles. The Morgan fingerprint density at radius 2 is 1.93 bits per heavy atom. The van der Waals surface area contributed by atoms with Gasteiger partial charge in [-0.3, -0.25) is 9.59 Å². The zero-order chi connectivity index (χ0) is 20.8. The van der Waals surface area contributed by atoms with Gasteiger partial charge in [0, 0.05) is 36.5 Å². The van der Waals surface area contributed by atoms with Crippen LogP contribution in [0.3, 0.4) is 0 Å². The van der Waals surface area contributed by atoms with E-state index >= 15 is 0 Å². The second kappa shape index (κ2) is 9.09. The molecule has 0 atom stereocenters. The minimum Gasteiger partial charge on any atom is -0.497 e. The summed E-state index contributed by atoms with van der Waals surface area (Å²) in [6.45, 7) is 2.38. The number of hydrogen-bond acceptors (Lipinski definition) is 6. The van der Waals surface area contributed by atoms with Gasteiger partial charge in [0.1, 0.15) is 11.3 Å². The van der Waals surface area contributed by atoms with Crippen molar-refractivity contribution in [1.29, 1.82) is 0 Å². The summed E-state index contributed by atoms with van der Waals surface area (Å²) in [4.78, 5) is 36.1. The van der Waals surface area contributed by atoms with Gasteiger partial charge in [-0.25, -0.2) is 4.79 Å². The van der Waals surface area contributed by atoms with Gasteiger partial charge >= 0.3 is 5.63 Å². The molecule has 3 aromatic rings. The van der Waals surface area contributed by atoms with Crippen LogP contribution in [0.2, 0.25) is 0 Å². The predicted octanol–water partition coefficient (Wildman–Crippen LogP) is 2.18. The largest absolute Gasteiger partial charge is 0.497 e. The average Bonchev–Trinajstić information content (AvgIpc) is 3.25. The smallest absolute Gasteiger partial charge is 0.339 e. The number of ether oxygens (including phenoxy) is 1. The molecule has 2 amide bonds. The lowest BCUT2D eigenvalue weighted by Crippen LogP contribution is -2.34. The van der Waals surface area contributed by atoms with Crippen molar-refractivity contribution >= 4 is 22.8 Å². The standard InChI is InChI=1S/C21H22N2O6/c1-13-15-6-5-14(27-2)12-18(15)29-21(26)16(13)7-8-19(24)22-9-10-23-20(25)17-4-3-11-28-17/h3-6,11-12H,7-10H2,1-2H3,(H,22,24)(H,23,25). The molecule has 29 heavy (non-hydrogen) atoms. The molecule has 0 spiro atoms. The molecule has 3 rings (SSSR count). The molecule has 152 valence electrons. The summed E-state index contributed by atoms with van der Waals surface area (Å²) in [5, 5.41) is 6.16. The fraction of sp³-hybridized carbons (Fsp3) is 0.286. The van der Waals surface area contributed by atoms with Crippen LogP contribution in [0.15, 0.2) is 50.2 Å². The number of benzene rings is 1. The van der Waals surface area contributed by atoms with Gasteiger partial charge in [-0.05, 0) is 43.2 Å². The molecule has 8 heteroatoms. The van der Waals surface area contributed by atoms with Gasteiger partial charge in [0.25, 0.3) is 5.91 Å². The SMILES string of the molecule is COc1ccc2c(C)c(CCC(=O)NCCNC(=O)c3ccco3)c(=O)oc2c1. The lowest BCUT2D eigenvalue weighted by Gasteiger charge is -2.09. The summed E-state index contributed by atoms with van der Waals surface area (Å²) in [5.41, 5.74) is 1.26. The van der Waals surface area contributed by atoms with Crippen molar-refractivity contribution in [2.45, 2.75) is 19.8 Å². The molecule has 8 nitrogen and oxygen atoms in total. The van der Waals surface area contributed by atoms with Crippen LogP contribution in [0.4, 0.5) is 0 Å². The van der Waals surface area contributed by atoms with Gasteiger partial charge in [0.15, 0.2) is 5.76 Å². The highest BCUT2D eigenvalue weighted by Crippen LogP contribution is 2.24. The molecule has 0 aliphatic carbocycles. The van der Waals surface area contributed by atoms with Crippen LogP contribution >= 0.6 is 0 Å². The molecule has 0 aliphatic rings. The molecule has 2 N–H and O–H groups in total. The van der Waals surface area contributed by atoms with E-state index in [9.17, 15) is 14.4 Å². The van der Waals surface area contributed by atoms with Crippen LogP contribution in [-0.2, 0) is 11.2 Å². The number of fused-ring (bicyclic) bond motifs is 1. The van der Waals surface area contributed by atoms with Crippen molar-refractivity contribution in [1.82, 2.24) is 10.6 Å². The molecule has 2 heterocycles. The topological polar surface area (TPSA) is 111 Å². The molecule has 1 aromatic carbocycles. The number of rotatable bonds is 8. The molecule has 0 radical (unpaired) electrons. The van der Waals surface area contributed by atoms with Crippen molar-refractivity contribution in [3.05, 3.63) is 63.9 Å². The molecular weight excluding hydrogens is 376 g/mol. The van der Waals surface area contributed by atoms with Gasteiger partial charge in [-0.15, -0.1) is 0 Å². The van der Waals surface area contributed by atoms with Gasteiger partial charge in [-0.1, -0.05) is 0 Å². The van der Waals surface area contributed by atoms with E-state index in [4.69, 9.17) is 13.6 Å². The fourth-order valence-electron chi connectivity index (χ4n) is 2.99. The number of nitrogens with one attached hydrogen (secondary N) is 2. The quantitative estimate of drug-likeness (QED) is 0.444. The average molecular weight is 398 g/mol. The number of methoxy groups -OCH3 is 1. The van der Waals surface area contributed by atoms with Crippen molar-refractivity contribution < 1.29 is 23.2 Å². The van der Waals surface area contributed by atoms with E-state index < -0.39 is 5.63 Å². The third kappa shape index (κ3) is 4.84. The fourth-order valence-corrected chi connectivity index (χ4v) is 2.99. The highest BCUT2D eigenvalue weighted by atomic mass is 16.5. The van der Waals surface area contributed by atoms with E-state index in [2.05, 4.69) is 10.6 Å². The third-order valence-electron chi connectivity index (χ3n) is 4.57. The summed E-state index contributed by atoms with van der Waals surface area (Å²) in [6, 6.07) is 8.47. The third-order valence-corrected chi connectivity index (χ3v) is 4.57. The minimum atomic E-state index is -0.457. The second-order valence-electron chi connectivity index (χ2n) is 6.44. The maximum absolute atomic E-state index is 12.3. The first-order valence-electron chi connectivity index (χ1n) is 9.18. The Balaban J connectivity index is 1.52. The van der Waals surface area contributed by atoms with E-state index in [0.29, 0.717) is 16.9 Å². The zero-order valence-corrected chi connectivity index (χ0v) is 16.2.